The maximum atomic E-state index is 12.1. The molecule has 1 amide bonds. The van der Waals surface area contributed by atoms with Gasteiger partial charge in [-0.3, -0.25) is 14.2 Å². The molecule has 7 nitrogen and oxygen atoms in total. The summed E-state index contributed by atoms with van der Waals surface area (Å²) in [5.41, 5.74) is 6.86. The fourth-order valence-electron chi connectivity index (χ4n) is 4.02. The first-order valence-electron chi connectivity index (χ1n) is 10.6. The Morgan fingerprint density at radius 1 is 1.10 bits per heavy atom. The Kier molecular flexibility index (Phi) is 5.50. The molecule has 4 aromatic rings. The molecule has 5 rings (SSSR count). The number of fused-ring (bicyclic) bond motifs is 2. The third-order valence-electron chi connectivity index (χ3n) is 5.36. The Hall–Kier alpha value is -3.61. The van der Waals surface area contributed by atoms with Crippen LogP contribution in [-0.4, -0.2) is 31.5 Å². The maximum Gasteiger partial charge on any atom is 0.226 e. The van der Waals surface area contributed by atoms with Crippen LogP contribution in [0.2, 0.25) is 0 Å². The van der Waals surface area contributed by atoms with Gasteiger partial charge in [-0.2, -0.15) is 10.2 Å². The number of amides is 1. The maximum absolute atomic E-state index is 12.1. The molecule has 0 aliphatic carbocycles. The molecular weight excluding hydrogens is 388 g/mol. The van der Waals surface area contributed by atoms with Crippen LogP contribution in [0, 0.1) is 0 Å². The van der Waals surface area contributed by atoms with Crippen LogP contribution in [0.3, 0.4) is 0 Å². The molecule has 160 valence electrons. The number of hydrogen-bond donors (Lipinski definition) is 2. The molecule has 1 atom stereocenters. The first-order valence-corrected chi connectivity index (χ1v) is 10.6. The average molecular weight is 417 g/mol. The van der Waals surface area contributed by atoms with Crippen molar-refractivity contribution in [3.63, 3.8) is 0 Å². The number of nitrogens with zero attached hydrogens (tertiary/aromatic N) is 4. The van der Waals surface area contributed by atoms with E-state index in [1.54, 1.807) is 4.68 Å². The van der Waals surface area contributed by atoms with Crippen molar-refractivity contribution in [2.24, 2.45) is 14.1 Å². The van der Waals surface area contributed by atoms with Crippen molar-refractivity contribution in [1.29, 1.82) is 0 Å². The van der Waals surface area contributed by atoms with E-state index >= 15 is 0 Å². The summed E-state index contributed by atoms with van der Waals surface area (Å²) in [7, 11) is 3.86. The second-order valence-electron chi connectivity index (χ2n) is 7.63. The number of para-hydroxylation sites is 1. The fraction of sp³-hybridized carbons (Fsp3) is 0.292. The highest BCUT2D eigenvalue weighted by molar-refractivity contribution is 6.02. The molecule has 2 aromatic carbocycles. The zero-order chi connectivity index (χ0) is 22.1. The van der Waals surface area contributed by atoms with Gasteiger partial charge in [0.05, 0.1) is 23.1 Å². The lowest BCUT2D eigenvalue weighted by molar-refractivity contribution is -0.116. The van der Waals surface area contributed by atoms with Gasteiger partial charge in [-0.1, -0.05) is 32.0 Å². The molecule has 3 heterocycles. The molecule has 0 saturated carbocycles. The van der Waals surface area contributed by atoms with Gasteiger partial charge in [-0.15, -0.1) is 0 Å². The van der Waals surface area contributed by atoms with Crippen LogP contribution in [0.4, 0.5) is 11.4 Å². The molecular formula is C24H28N6O. The number of rotatable bonds is 2. The van der Waals surface area contributed by atoms with Crippen LogP contribution in [0.25, 0.3) is 33.3 Å². The molecule has 0 spiro atoms. The van der Waals surface area contributed by atoms with E-state index < -0.39 is 0 Å². The van der Waals surface area contributed by atoms with Gasteiger partial charge in [0, 0.05) is 49.3 Å². The van der Waals surface area contributed by atoms with E-state index in [0.717, 1.165) is 44.7 Å². The van der Waals surface area contributed by atoms with Crippen LogP contribution in [0.1, 0.15) is 27.2 Å². The van der Waals surface area contributed by atoms with Crippen molar-refractivity contribution in [1.82, 2.24) is 19.6 Å². The van der Waals surface area contributed by atoms with Crippen LogP contribution in [0.15, 0.2) is 48.8 Å². The first kappa shape index (κ1) is 20.7. The number of aryl methyl sites for hydroxylation is 2. The number of benzene rings is 2. The lowest BCUT2D eigenvalue weighted by Gasteiger charge is -2.17. The van der Waals surface area contributed by atoms with E-state index in [9.17, 15) is 4.79 Å². The van der Waals surface area contributed by atoms with Crippen molar-refractivity contribution in [2.45, 2.75) is 33.2 Å². The lowest BCUT2D eigenvalue weighted by atomic mass is 9.99. The smallest absolute Gasteiger partial charge is 0.226 e. The second kappa shape index (κ2) is 8.26. The van der Waals surface area contributed by atoms with Crippen molar-refractivity contribution < 1.29 is 4.79 Å². The number of aromatic nitrogens is 4. The Morgan fingerprint density at radius 3 is 2.65 bits per heavy atom. The Balaban J connectivity index is 0.00000112. The quantitative estimate of drug-likeness (QED) is 0.492. The standard InChI is InChI=1S/C22H22N6O.C2H6/c1-13-9-20(29)25-18-6-4-5-16(22(18)24-13)14-7-8-19-17(10-14)21(26-28(19)3)15-11-23-27(2)12-15;1-2/h4-8,10-13,24H,9H2,1-3H3,(H,25,29);1-2H3. The molecule has 0 bridgehead atoms. The number of nitrogens with one attached hydrogen (secondary N) is 2. The molecule has 0 radical (unpaired) electrons. The summed E-state index contributed by atoms with van der Waals surface area (Å²) in [6.07, 6.45) is 4.25. The predicted molar refractivity (Wildman–Crippen MR) is 126 cm³/mol. The van der Waals surface area contributed by atoms with Crippen LogP contribution in [-0.2, 0) is 18.9 Å². The van der Waals surface area contributed by atoms with Crippen molar-refractivity contribution >= 4 is 28.2 Å². The lowest BCUT2D eigenvalue weighted by Crippen LogP contribution is -2.19. The van der Waals surface area contributed by atoms with Gasteiger partial charge in [0.1, 0.15) is 5.69 Å². The fourth-order valence-corrected chi connectivity index (χ4v) is 4.02. The van der Waals surface area contributed by atoms with Crippen molar-refractivity contribution in [3.05, 3.63) is 48.8 Å². The molecule has 2 aromatic heterocycles. The minimum absolute atomic E-state index is 0.0301. The Morgan fingerprint density at radius 2 is 1.90 bits per heavy atom. The molecule has 7 heteroatoms. The molecule has 1 unspecified atom stereocenters. The van der Waals surface area contributed by atoms with Crippen LogP contribution >= 0.6 is 0 Å². The third kappa shape index (κ3) is 3.79. The molecule has 1 aliphatic rings. The minimum Gasteiger partial charge on any atom is -0.380 e. The first-order chi connectivity index (χ1) is 15.0. The topological polar surface area (TPSA) is 76.8 Å². The largest absolute Gasteiger partial charge is 0.380 e. The average Bonchev–Trinajstić information content (AvgIpc) is 3.28. The second-order valence-corrected chi connectivity index (χ2v) is 7.63. The van der Waals surface area contributed by atoms with Gasteiger partial charge in [-0.05, 0) is 30.7 Å². The van der Waals surface area contributed by atoms with Crippen LogP contribution in [0.5, 0.6) is 0 Å². The van der Waals surface area contributed by atoms with Gasteiger partial charge in [-0.25, -0.2) is 0 Å². The minimum atomic E-state index is 0.0301. The summed E-state index contributed by atoms with van der Waals surface area (Å²) < 4.78 is 3.68. The van der Waals surface area contributed by atoms with E-state index in [1.807, 2.05) is 64.1 Å². The number of anilines is 2. The number of hydrogen-bond acceptors (Lipinski definition) is 4. The molecule has 31 heavy (non-hydrogen) atoms. The normalized spacial score (nSPS) is 15.4. The van der Waals surface area contributed by atoms with E-state index in [4.69, 9.17) is 5.10 Å². The van der Waals surface area contributed by atoms with Gasteiger partial charge >= 0.3 is 0 Å². The van der Waals surface area contributed by atoms with E-state index in [1.165, 1.54) is 0 Å². The molecule has 0 fully saturated rings. The predicted octanol–water partition coefficient (Wildman–Crippen LogP) is 4.81. The van der Waals surface area contributed by atoms with Gasteiger partial charge < -0.3 is 10.6 Å². The van der Waals surface area contributed by atoms with Gasteiger partial charge in [0.15, 0.2) is 0 Å². The van der Waals surface area contributed by atoms with Crippen molar-refractivity contribution in [3.8, 4) is 22.4 Å². The van der Waals surface area contributed by atoms with Crippen molar-refractivity contribution in [2.75, 3.05) is 10.6 Å². The SMILES string of the molecule is CC.CC1CC(=O)Nc2cccc(-c3ccc4c(c3)c(-c3cnn(C)c3)nn4C)c2N1. The summed E-state index contributed by atoms with van der Waals surface area (Å²) >= 11 is 0. The summed E-state index contributed by atoms with van der Waals surface area (Å²) in [4.78, 5) is 12.1. The Bertz CT molecular complexity index is 1250. The highest BCUT2D eigenvalue weighted by Gasteiger charge is 2.21. The summed E-state index contributed by atoms with van der Waals surface area (Å²) in [5.74, 6) is 0.0301. The third-order valence-corrected chi connectivity index (χ3v) is 5.36. The molecule has 0 saturated heterocycles. The zero-order valence-electron chi connectivity index (χ0n) is 18.6. The van der Waals surface area contributed by atoms with Gasteiger partial charge in [0.25, 0.3) is 0 Å². The summed E-state index contributed by atoms with van der Waals surface area (Å²) in [5, 5.41) is 16.6. The highest BCUT2D eigenvalue weighted by Crippen LogP contribution is 2.39. The van der Waals surface area contributed by atoms with Crippen LogP contribution < -0.4 is 10.6 Å². The van der Waals surface area contributed by atoms with E-state index in [2.05, 4.69) is 40.0 Å². The summed E-state index contributed by atoms with van der Waals surface area (Å²) in [6.45, 7) is 6.02. The van der Waals surface area contributed by atoms with E-state index in [0.29, 0.717) is 6.42 Å². The van der Waals surface area contributed by atoms with E-state index in [-0.39, 0.29) is 11.9 Å². The number of carbonyl (C=O) groups is 1. The monoisotopic (exact) mass is 416 g/mol. The highest BCUT2D eigenvalue weighted by atomic mass is 16.1. The summed E-state index contributed by atoms with van der Waals surface area (Å²) in [6, 6.07) is 12.4. The molecule has 1 aliphatic heterocycles. The molecule has 2 N–H and O–H groups in total. The number of carbonyl (C=O) groups excluding carboxylic acids is 1. The zero-order valence-corrected chi connectivity index (χ0v) is 18.6. The van der Waals surface area contributed by atoms with Gasteiger partial charge in [0.2, 0.25) is 5.91 Å². The Labute approximate surface area is 182 Å².